The third-order valence-corrected chi connectivity index (χ3v) is 7.99. The van der Waals surface area contributed by atoms with Crippen LogP contribution < -0.4 is 10.6 Å². The van der Waals surface area contributed by atoms with Crippen LogP contribution in [0.2, 0.25) is 0 Å². The molecule has 0 bridgehead atoms. The Labute approximate surface area is 240 Å². The molecule has 212 valence electrons. The Balaban J connectivity index is 1.83. The van der Waals surface area contributed by atoms with Crippen LogP contribution in [0.1, 0.15) is 32.4 Å². The molecule has 0 unspecified atom stereocenters. The zero-order valence-corrected chi connectivity index (χ0v) is 24.1. The molecule has 41 heavy (non-hydrogen) atoms. The quantitative estimate of drug-likeness (QED) is 0.231. The van der Waals surface area contributed by atoms with E-state index in [2.05, 4.69) is 21.5 Å². The summed E-state index contributed by atoms with van der Waals surface area (Å²) >= 11 is 1.44. The van der Waals surface area contributed by atoms with Crippen molar-refractivity contribution in [2.24, 2.45) is 0 Å². The smallest absolute Gasteiger partial charge is 0.350 e. The number of carbonyl (C=O) groups is 1. The van der Waals surface area contributed by atoms with Crippen LogP contribution in [0.15, 0.2) is 64.9 Å². The van der Waals surface area contributed by atoms with Crippen molar-refractivity contribution in [2.45, 2.75) is 37.6 Å². The average molecular weight is 577 g/mol. The maximum atomic E-state index is 15.8. The van der Waals surface area contributed by atoms with Crippen molar-refractivity contribution < 1.29 is 13.6 Å². The second-order valence-electron chi connectivity index (χ2n) is 10.2. The van der Waals surface area contributed by atoms with E-state index in [1.54, 1.807) is 23.2 Å². The molecule has 4 heterocycles. The summed E-state index contributed by atoms with van der Waals surface area (Å²) in [7, 11) is 0. The van der Waals surface area contributed by atoms with Gasteiger partial charge in [0.1, 0.15) is 23.1 Å². The predicted molar refractivity (Wildman–Crippen MR) is 158 cm³/mol. The van der Waals surface area contributed by atoms with E-state index in [-0.39, 0.29) is 40.6 Å². The lowest BCUT2D eigenvalue weighted by molar-refractivity contribution is -0.126. The Bertz CT molecular complexity index is 1720. The molecule has 0 radical (unpaired) electrons. The van der Waals surface area contributed by atoms with E-state index < -0.39 is 17.3 Å². The number of carbonyl (C=O) groups excluding carboxylic acids is 1. The molecule has 1 aromatic carbocycles. The minimum Gasteiger partial charge on any atom is -0.350 e. The number of nitrogens with zero attached hydrogens (tertiary/aromatic N) is 6. The van der Waals surface area contributed by atoms with Gasteiger partial charge in [-0.15, -0.1) is 11.8 Å². The van der Waals surface area contributed by atoms with Crippen LogP contribution in [0, 0.1) is 11.6 Å². The van der Waals surface area contributed by atoms with Gasteiger partial charge in [-0.2, -0.15) is 4.98 Å². The molecule has 1 fully saturated rings. The van der Waals surface area contributed by atoms with E-state index >= 15 is 4.39 Å². The lowest BCUT2D eigenvalue weighted by Gasteiger charge is -2.40. The Morgan fingerprint density at radius 3 is 2.56 bits per heavy atom. The summed E-state index contributed by atoms with van der Waals surface area (Å²) < 4.78 is 32.0. The summed E-state index contributed by atoms with van der Waals surface area (Å²) in [4.78, 5) is 44.2. The van der Waals surface area contributed by atoms with E-state index in [0.29, 0.717) is 36.4 Å². The van der Waals surface area contributed by atoms with Crippen molar-refractivity contribution in [3.8, 4) is 16.9 Å². The van der Waals surface area contributed by atoms with Crippen molar-refractivity contribution in [1.29, 1.82) is 0 Å². The molecule has 1 amide bonds. The summed E-state index contributed by atoms with van der Waals surface area (Å²) in [5, 5.41) is 0.295. The second kappa shape index (κ2) is 11.4. The van der Waals surface area contributed by atoms with Crippen molar-refractivity contribution in [3.05, 3.63) is 83.1 Å². The largest absolute Gasteiger partial charge is 0.355 e. The normalized spacial score (nSPS) is 15.5. The van der Waals surface area contributed by atoms with Crippen molar-refractivity contribution >= 4 is 34.5 Å². The number of anilines is 1. The summed E-state index contributed by atoms with van der Waals surface area (Å²) in [6, 6.07) is 8.64. The van der Waals surface area contributed by atoms with Gasteiger partial charge in [-0.1, -0.05) is 32.6 Å². The highest BCUT2D eigenvalue weighted by molar-refractivity contribution is 7.98. The number of rotatable bonds is 6. The van der Waals surface area contributed by atoms with Crippen LogP contribution in [0.3, 0.4) is 0 Å². The van der Waals surface area contributed by atoms with Gasteiger partial charge in [-0.05, 0) is 49.4 Å². The van der Waals surface area contributed by atoms with Gasteiger partial charge in [-0.3, -0.25) is 9.78 Å². The lowest BCUT2D eigenvalue weighted by atomic mass is 10.1. The minimum absolute atomic E-state index is 0.0189. The minimum atomic E-state index is -0.746. The molecule has 0 aliphatic carbocycles. The van der Waals surface area contributed by atoms with Crippen molar-refractivity contribution in [3.63, 3.8) is 0 Å². The third-order valence-electron chi connectivity index (χ3n) is 7.22. The topological polar surface area (TPSA) is 84.2 Å². The molecule has 3 aromatic heterocycles. The molecule has 1 aliphatic rings. The monoisotopic (exact) mass is 576 g/mol. The second-order valence-corrected chi connectivity index (χ2v) is 11.0. The van der Waals surface area contributed by atoms with E-state index in [4.69, 9.17) is 0 Å². The summed E-state index contributed by atoms with van der Waals surface area (Å²) in [5.74, 6) is -1.36. The molecule has 1 saturated heterocycles. The molecular weight excluding hydrogens is 546 g/mol. The van der Waals surface area contributed by atoms with E-state index in [0.717, 1.165) is 4.90 Å². The van der Waals surface area contributed by atoms with Crippen LogP contribution in [0.5, 0.6) is 0 Å². The molecule has 1 aliphatic heterocycles. The number of fused-ring (bicyclic) bond motifs is 1. The van der Waals surface area contributed by atoms with Crippen LogP contribution in [0.4, 0.5) is 14.6 Å². The number of hydrogen-bond donors (Lipinski definition) is 0. The molecule has 5 rings (SSSR count). The van der Waals surface area contributed by atoms with Crippen LogP contribution >= 0.6 is 11.8 Å². The molecule has 8 nitrogen and oxygen atoms in total. The van der Waals surface area contributed by atoms with Gasteiger partial charge in [0.2, 0.25) is 5.91 Å². The highest BCUT2D eigenvalue weighted by atomic mass is 32.2. The first-order valence-corrected chi connectivity index (χ1v) is 14.5. The number of thioether (sulfide) groups is 1. The SMILES string of the molecule is C=CC(=O)N1CCN(c2nc(=O)n(-c3c(SC)ccnc3C(C)C)c3nc(-c4ccccc4F)c(F)cc23)[C@@H](C)C1. The first-order chi connectivity index (χ1) is 19.7. The number of benzene rings is 1. The summed E-state index contributed by atoms with van der Waals surface area (Å²) in [6.07, 6.45) is 4.84. The molecular formula is C30H30F2N6O2S. The molecule has 0 spiro atoms. The standard InChI is InChI=1S/C30H30F2N6O2S/c1-6-24(39)36-13-14-37(18(4)16-36)28-20-15-22(32)26(19-9-7-8-10-21(19)31)34-29(20)38(30(40)35-28)27-23(41-5)11-12-33-25(27)17(2)3/h6-12,15,17-18H,1,13-14,16H2,2-5H3/t18-/m0/s1. The molecule has 11 heteroatoms. The number of halogens is 2. The third kappa shape index (κ3) is 5.10. The fourth-order valence-corrected chi connectivity index (χ4v) is 5.82. The van der Waals surface area contributed by atoms with Crippen molar-refractivity contribution in [1.82, 2.24) is 24.4 Å². The fraction of sp³-hybridized carbons (Fsp3) is 0.300. The maximum Gasteiger partial charge on any atom is 0.355 e. The Morgan fingerprint density at radius 1 is 1.15 bits per heavy atom. The van der Waals surface area contributed by atoms with E-state index in [1.165, 1.54) is 46.7 Å². The highest BCUT2D eigenvalue weighted by Crippen LogP contribution is 2.35. The number of pyridine rings is 2. The maximum absolute atomic E-state index is 15.8. The van der Waals surface area contributed by atoms with Crippen LogP contribution in [0.25, 0.3) is 28.0 Å². The average Bonchev–Trinajstić information content (AvgIpc) is 2.96. The molecule has 0 N–H and O–H groups in total. The zero-order valence-electron chi connectivity index (χ0n) is 23.3. The Kier molecular flexibility index (Phi) is 7.90. The van der Waals surface area contributed by atoms with Gasteiger partial charge in [-0.25, -0.2) is 23.1 Å². The lowest BCUT2D eigenvalue weighted by Crippen LogP contribution is -2.54. The van der Waals surface area contributed by atoms with Gasteiger partial charge >= 0.3 is 5.69 Å². The predicted octanol–water partition coefficient (Wildman–Crippen LogP) is 5.19. The summed E-state index contributed by atoms with van der Waals surface area (Å²) in [6.45, 7) is 10.5. The van der Waals surface area contributed by atoms with Gasteiger partial charge in [0.05, 0.1) is 16.8 Å². The number of aromatic nitrogens is 4. The van der Waals surface area contributed by atoms with E-state index in [1.807, 2.05) is 31.9 Å². The van der Waals surface area contributed by atoms with Crippen molar-refractivity contribution in [2.75, 3.05) is 30.8 Å². The van der Waals surface area contributed by atoms with Gasteiger partial charge < -0.3 is 9.80 Å². The number of piperazine rings is 1. The fourth-order valence-electron chi connectivity index (χ4n) is 5.23. The highest BCUT2D eigenvalue weighted by Gasteiger charge is 2.31. The van der Waals surface area contributed by atoms with Gasteiger partial charge in [0, 0.05) is 42.3 Å². The number of amides is 1. The zero-order chi connectivity index (χ0) is 29.4. The first-order valence-electron chi connectivity index (χ1n) is 13.3. The Hall–Kier alpha value is -4.12. The van der Waals surface area contributed by atoms with Crippen LogP contribution in [-0.2, 0) is 4.79 Å². The first kappa shape index (κ1) is 28.4. The van der Waals surface area contributed by atoms with Gasteiger partial charge in [0.15, 0.2) is 5.65 Å². The molecule has 4 aromatic rings. The molecule has 0 saturated carbocycles. The number of hydrogen-bond acceptors (Lipinski definition) is 7. The van der Waals surface area contributed by atoms with Crippen LogP contribution in [-0.4, -0.2) is 62.3 Å². The molecule has 1 atom stereocenters. The Morgan fingerprint density at radius 2 is 1.90 bits per heavy atom. The van der Waals surface area contributed by atoms with Gasteiger partial charge in [0.25, 0.3) is 0 Å². The summed E-state index contributed by atoms with van der Waals surface area (Å²) in [5.41, 5.74) is 0.454. The van der Waals surface area contributed by atoms with E-state index in [9.17, 15) is 14.0 Å².